The Morgan fingerprint density at radius 3 is 3.09 bits per heavy atom. The third kappa shape index (κ3) is 2.00. The fourth-order valence-corrected chi connectivity index (χ4v) is 0.647. The van der Waals surface area contributed by atoms with Crippen LogP contribution in [-0.4, -0.2) is 21.4 Å². The van der Waals surface area contributed by atoms with Gasteiger partial charge in [-0.15, -0.1) is 0 Å². The molecule has 0 unspecified atom stereocenters. The zero-order valence-electron chi connectivity index (χ0n) is 6.32. The lowest BCUT2D eigenvalue weighted by Crippen LogP contribution is -2.14. The van der Waals surface area contributed by atoms with Crippen LogP contribution in [0.1, 0.15) is 5.82 Å². The first-order valence-corrected chi connectivity index (χ1v) is 3.20. The lowest BCUT2D eigenvalue weighted by molar-refractivity contribution is 0.102. The summed E-state index contributed by atoms with van der Waals surface area (Å²) in [5, 5.41) is 8.69. The Balaban J connectivity index is 2.51. The van der Waals surface area contributed by atoms with Crippen LogP contribution in [0, 0.1) is 6.92 Å². The monoisotopic (exact) mass is 154 g/mol. The highest BCUT2D eigenvalue weighted by Crippen LogP contribution is 1.91. The first-order valence-electron chi connectivity index (χ1n) is 3.20. The Kier molecular flexibility index (Phi) is 2.15. The van der Waals surface area contributed by atoms with Crippen molar-refractivity contribution >= 4 is 0 Å². The summed E-state index contributed by atoms with van der Waals surface area (Å²) in [6.07, 6.45) is 3.29. The first-order chi connectivity index (χ1) is 5.20. The van der Waals surface area contributed by atoms with Gasteiger partial charge in [-0.1, -0.05) is 6.58 Å². The van der Waals surface area contributed by atoms with Gasteiger partial charge in [0, 0.05) is 6.20 Å². The molecule has 11 heavy (non-hydrogen) atoms. The number of aromatic nitrogens is 2. The highest BCUT2D eigenvalue weighted by molar-refractivity contribution is 4.86. The maximum absolute atomic E-state index is 8.69. The summed E-state index contributed by atoms with van der Waals surface area (Å²) in [4.78, 5) is 8.96. The predicted molar refractivity (Wildman–Crippen MR) is 40.2 cm³/mol. The average molecular weight is 154 g/mol. The second-order valence-corrected chi connectivity index (χ2v) is 2.14. The fraction of sp³-hybridized carbons (Fsp3) is 0.286. The van der Waals surface area contributed by atoms with E-state index in [1.165, 1.54) is 4.73 Å². The average Bonchev–Trinajstić information content (AvgIpc) is 2.31. The molecule has 0 aliphatic carbocycles. The SMILES string of the molecule is C=C(O)COn1ccnc1C. The van der Waals surface area contributed by atoms with Gasteiger partial charge in [0.1, 0.15) is 11.6 Å². The summed E-state index contributed by atoms with van der Waals surface area (Å²) in [6, 6.07) is 0. The van der Waals surface area contributed by atoms with Crippen molar-refractivity contribution in [2.24, 2.45) is 0 Å². The van der Waals surface area contributed by atoms with Gasteiger partial charge in [-0.05, 0) is 6.92 Å². The van der Waals surface area contributed by atoms with E-state index in [2.05, 4.69) is 11.6 Å². The van der Waals surface area contributed by atoms with Crippen LogP contribution in [0.3, 0.4) is 0 Å². The maximum atomic E-state index is 8.69. The lowest BCUT2D eigenvalue weighted by Gasteiger charge is -2.05. The molecule has 0 radical (unpaired) electrons. The van der Waals surface area contributed by atoms with Crippen LogP contribution < -0.4 is 4.84 Å². The molecule has 0 bridgehead atoms. The van der Waals surface area contributed by atoms with Crippen molar-refractivity contribution in [2.75, 3.05) is 6.61 Å². The molecule has 0 aliphatic rings. The maximum Gasteiger partial charge on any atom is 0.171 e. The number of aliphatic hydroxyl groups excluding tert-OH is 1. The van der Waals surface area contributed by atoms with Crippen molar-refractivity contribution in [3.63, 3.8) is 0 Å². The zero-order chi connectivity index (χ0) is 8.27. The molecule has 0 saturated heterocycles. The fourth-order valence-electron chi connectivity index (χ4n) is 0.647. The minimum atomic E-state index is -0.00176. The van der Waals surface area contributed by atoms with E-state index >= 15 is 0 Å². The molecule has 60 valence electrons. The van der Waals surface area contributed by atoms with Gasteiger partial charge >= 0.3 is 0 Å². The molecule has 1 rings (SSSR count). The Morgan fingerprint density at radius 2 is 2.64 bits per heavy atom. The van der Waals surface area contributed by atoms with E-state index in [0.29, 0.717) is 0 Å². The molecule has 0 atom stereocenters. The third-order valence-corrected chi connectivity index (χ3v) is 1.15. The summed E-state index contributed by atoms with van der Waals surface area (Å²) in [6.45, 7) is 5.18. The number of hydrogen-bond acceptors (Lipinski definition) is 3. The van der Waals surface area contributed by atoms with Gasteiger partial charge in [0.15, 0.2) is 6.61 Å². The molecule has 0 saturated carbocycles. The van der Waals surface area contributed by atoms with E-state index in [1.54, 1.807) is 19.3 Å². The van der Waals surface area contributed by atoms with Gasteiger partial charge in [0.2, 0.25) is 0 Å². The molecule has 0 spiro atoms. The summed E-state index contributed by atoms with van der Waals surface area (Å²) in [5.41, 5.74) is 0. The molecular weight excluding hydrogens is 144 g/mol. The molecule has 1 N–H and O–H groups in total. The van der Waals surface area contributed by atoms with Crippen LogP contribution in [0.5, 0.6) is 0 Å². The summed E-state index contributed by atoms with van der Waals surface area (Å²) in [7, 11) is 0. The molecular formula is C7H10N2O2. The summed E-state index contributed by atoms with van der Waals surface area (Å²) >= 11 is 0. The summed E-state index contributed by atoms with van der Waals surface area (Å²) in [5.74, 6) is 0.740. The van der Waals surface area contributed by atoms with E-state index in [1.807, 2.05) is 0 Å². The number of rotatable bonds is 3. The predicted octanol–water partition coefficient (Wildman–Crippen LogP) is 0.692. The highest BCUT2D eigenvalue weighted by atomic mass is 16.7. The Bertz CT molecular complexity index is 255. The molecule has 1 aromatic heterocycles. The van der Waals surface area contributed by atoms with Gasteiger partial charge < -0.3 is 9.94 Å². The third-order valence-electron chi connectivity index (χ3n) is 1.15. The molecule has 0 fully saturated rings. The largest absolute Gasteiger partial charge is 0.509 e. The number of aryl methyl sites for hydroxylation is 1. The zero-order valence-corrected chi connectivity index (χ0v) is 6.32. The van der Waals surface area contributed by atoms with Crippen LogP contribution in [-0.2, 0) is 0 Å². The second-order valence-electron chi connectivity index (χ2n) is 2.14. The second kappa shape index (κ2) is 3.09. The normalized spacial score (nSPS) is 9.55. The Labute approximate surface area is 64.7 Å². The van der Waals surface area contributed by atoms with Crippen molar-refractivity contribution in [3.8, 4) is 0 Å². The minimum absolute atomic E-state index is 0.00176. The van der Waals surface area contributed by atoms with E-state index < -0.39 is 0 Å². The van der Waals surface area contributed by atoms with Crippen LogP contribution >= 0.6 is 0 Å². The standard InChI is InChI=1S/C7H10N2O2/c1-6(10)5-11-9-4-3-8-7(9)2/h3-4,10H,1,5H2,2H3. The van der Waals surface area contributed by atoms with E-state index in [0.717, 1.165) is 5.82 Å². The number of imidazole rings is 1. The van der Waals surface area contributed by atoms with E-state index in [4.69, 9.17) is 9.94 Å². The number of nitrogens with zero attached hydrogens (tertiary/aromatic N) is 2. The van der Waals surface area contributed by atoms with Gasteiger partial charge in [0.25, 0.3) is 0 Å². The highest BCUT2D eigenvalue weighted by Gasteiger charge is 1.96. The minimum Gasteiger partial charge on any atom is -0.509 e. The van der Waals surface area contributed by atoms with Crippen molar-refractivity contribution in [1.29, 1.82) is 0 Å². The molecule has 0 aliphatic heterocycles. The number of aliphatic hydroxyl groups is 1. The van der Waals surface area contributed by atoms with Crippen LogP contribution in [0.4, 0.5) is 0 Å². The lowest BCUT2D eigenvalue weighted by atomic mass is 10.6. The van der Waals surface area contributed by atoms with Gasteiger partial charge in [-0.3, -0.25) is 0 Å². The van der Waals surface area contributed by atoms with Crippen LogP contribution in [0.2, 0.25) is 0 Å². The quantitative estimate of drug-likeness (QED) is 0.651. The van der Waals surface area contributed by atoms with Gasteiger partial charge in [0.05, 0.1) is 6.20 Å². The topological polar surface area (TPSA) is 47.3 Å². The van der Waals surface area contributed by atoms with Crippen LogP contribution in [0.15, 0.2) is 24.7 Å². The Morgan fingerprint density at radius 1 is 1.91 bits per heavy atom. The van der Waals surface area contributed by atoms with E-state index in [-0.39, 0.29) is 12.4 Å². The number of hydrogen-bond donors (Lipinski definition) is 1. The van der Waals surface area contributed by atoms with Crippen molar-refractivity contribution in [3.05, 3.63) is 30.6 Å². The van der Waals surface area contributed by atoms with Gasteiger partial charge in [-0.2, -0.15) is 4.73 Å². The molecule has 4 nitrogen and oxygen atoms in total. The van der Waals surface area contributed by atoms with Crippen molar-refractivity contribution in [1.82, 2.24) is 9.71 Å². The first kappa shape index (κ1) is 7.65. The molecule has 1 heterocycles. The molecule has 0 aromatic carbocycles. The molecule has 1 aromatic rings. The van der Waals surface area contributed by atoms with Crippen molar-refractivity contribution in [2.45, 2.75) is 6.92 Å². The molecule has 4 heteroatoms. The smallest absolute Gasteiger partial charge is 0.171 e. The molecule has 0 amide bonds. The summed E-state index contributed by atoms with van der Waals surface area (Å²) < 4.78 is 1.47. The van der Waals surface area contributed by atoms with Gasteiger partial charge in [-0.25, -0.2) is 4.98 Å². The Hall–Kier alpha value is -1.45. The van der Waals surface area contributed by atoms with Crippen LogP contribution in [0.25, 0.3) is 0 Å². The van der Waals surface area contributed by atoms with Crippen molar-refractivity contribution < 1.29 is 9.94 Å². The van der Waals surface area contributed by atoms with E-state index in [9.17, 15) is 0 Å².